The fourth-order valence-corrected chi connectivity index (χ4v) is 0.655. The number of hydrogen-bond donors (Lipinski definition) is 0. The van der Waals surface area contributed by atoms with Gasteiger partial charge in [0.15, 0.2) is 0 Å². The second-order valence-electron chi connectivity index (χ2n) is 2.34. The van der Waals surface area contributed by atoms with Crippen molar-refractivity contribution in [3.8, 4) is 0 Å². The maximum atomic E-state index is 11.6. The molecule has 74 valence electrons. The van der Waals surface area contributed by atoms with Crippen LogP contribution in [0.3, 0.4) is 0 Å². The molecular weight excluding hydrogens is 197 g/mol. The Morgan fingerprint density at radius 3 is 2.21 bits per heavy atom. The van der Waals surface area contributed by atoms with Crippen LogP contribution >= 0.6 is 0 Å². The predicted octanol–water partition coefficient (Wildman–Crippen LogP) is 2.86. The van der Waals surface area contributed by atoms with Gasteiger partial charge in [0.2, 0.25) is 0 Å². The Bertz CT molecular complexity index is 345. The Labute approximate surface area is 77.3 Å². The van der Waals surface area contributed by atoms with E-state index >= 15 is 0 Å². The van der Waals surface area contributed by atoms with Crippen molar-refractivity contribution in [1.82, 2.24) is 0 Å². The highest BCUT2D eigenvalue weighted by Gasteiger charge is 2.39. The summed E-state index contributed by atoms with van der Waals surface area (Å²) in [4.78, 5) is 10.3. The molecule has 0 fully saturated rings. The average Bonchev–Trinajstić information content (AvgIpc) is 2.14. The molecule has 0 heterocycles. The number of benzene rings is 1. The second-order valence-corrected chi connectivity index (χ2v) is 2.34. The molecule has 1 amide bonds. The average molecular weight is 202 g/mol. The third-order valence-corrected chi connectivity index (χ3v) is 1.25. The number of carbonyl (C=O) groups excluding carboxylic acids is 1. The SMILES string of the molecule is O=C(/N=N/c1ccccc1)C(F)(F)F. The third kappa shape index (κ3) is 2.96. The van der Waals surface area contributed by atoms with Crippen LogP contribution in [-0.4, -0.2) is 12.1 Å². The van der Waals surface area contributed by atoms with E-state index in [1.807, 2.05) is 0 Å². The lowest BCUT2D eigenvalue weighted by molar-refractivity contribution is -0.170. The van der Waals surface area contributed by atoms with Crippen LogP contribution in [0.5, 0.6) is 0 Å². The van der Waals surface area contributed by atoms with E-state index in [2.05, 4.69) is 10.2 Å². The van der Waals surface area contributed by atoms with Gasteiger partial charge in [0, 0.05) is 0 Å². The van der Waals surface area contributed by atoms with Gasteiger partial charge < -0.3 is 0 Å². The molecule has 1 aromatic rings. The van der Waals surface area contributed by atoms with Gasteiger partial charge in [-0.05, 0) is 12.1 Å². The monoisotopic (exact) mass is 202 g/mol. The van der Waals surface area contributed by atoms with Crippen molar-refractivity contribution in [2.75, 3.05) is 0 Å². The Balaban J connectivity index is 2.71. The zero-order valence-corrected chi connectivity index (χ0v) is 6.82. The topological polar surface area (TPSA) is 41.8 Å². The van der Waals surface area contributed by atoms with E-state index in [-0.39, 0.29) is 5.69 Å². The molecular formula is C8H5F3N2O. The number of rotatable bonds is 1. The van der Waals surface area contributed by atoms with Crippen molar-refractivity contribution in [1.29, 1.82) is 0 Å². The van der Waals surface area contributed by atoms with Gasteiger partial charge in [0.1, 0.15) is 0 Å². The zero-order valence-electron chi connectivity index (χ0n) is 6.82. The van der Waals surface area contributed by atoms with Gasteiger partial charge >= 0.3 is 12.1 Å². The van der Waals surface area contributed by atoms with E-state index in [1.54, 1.807) is 18.2 Å². The van der Waals surface area contributed by atoms with E-state index in [9.17, 15) is 18.0 Å². The van der Waals surface area contributed by atoms with Crippen molar-refractivity contribution >= 4 is 11.6 Å². The normalized spacial score (nSPS) is 11.9. The minimum absolute atomic E-state index is 0.199. The van der Waals surface area contributed by atoms with Gasteiger partial charge in [0.05, 0.1) is 5.69 Å². The Morgan fingerprint density at radius 2 is 1.71 bits per heavy atom. The number of halogens is 3. The summed E-state index contributed by atoms with van der Waals surface area (Å²) in [6, 6.07) is 7.70. The number of carbonyl (C=O) groups is 1. The summed E-state index contributed by atoms with van der Waals surface area (Å²) < 4.78 is 34.9. The maximum absolute atomic E-state index is 11.6. The Morgan fingerprint density at radius 1 is 1.14 bits per heavy atom. The van der Waals surface area contributed by atoms with Crippen molar-refractivity contribution in [3.05, 3.63) is 30.3 Å². The standard InChI is InChI=1S/C8H5F3N2O/c9-8(10,11)7(14)13-12-6-4-2-1-3-5-6/h1-5H/b13-12+. The van der Waals surface area contributed by atoms with E-state index in [1.165, 1.54) is 12.1 Å². The van der Waals surface area contributed by atoms with Crippen LogP contribution in [0.1, 0.15) is 0 Å². The summed E-state index contributed by atoms with van der Waals surface area (Å²) in [5.41, 5.74) is 0.199. The molecule has 0 aliphatic carbocycles. The molecule has 0 aliphatic rings. The summed E-state index contributed by atoms with van der Waals surface area (Å²) in [6.45, 7) is 0. The van der Waals surface area contributed by atoms with Crippen LogP contribution in [0.4, 0.5) is 18.9 Å². The first kappa shape index (κ1) is 10.4. The summed E-state index contributed by atoms with van der Waals surface area (Å²) in [7, 11) is 0. The first-order valence-electron chi connectivity index (χ1n) is 3.58. The lowest BCUT2D eigenvalue weighted by atomic mass is 10.3. The quantitative estimate of drug-likeness (QED) is 0.645. The fraction of sp³-hybridized carbons (Fsp3) is 0.125. The van der Waals surface area contributed by atoms with Gasteiger partial charge in [-0.2, -0.15) is 13.2 Å². The van der Waals surface area contributed by atoms with E-state index in [4.69, 9.17) is 0 Å². The molecule has 0 saturated carbocycles. The summed E-state index contributed by atoms with van der Waals surface area (Å²) in [5.74, 6) is -2.21. The van der Waals surface area contributed by atoms with Gasteiger partial charge in [0.25, 0.3) is 0 Å². The molecule has 0 radical (unpaired) electrons. The molecule has 0 N–H and O–H groups in total. The summed E-state index contributed by atoms with van der Waals surface area (Å²) in [5, 5.41) is 5.65. The Hall–Kier alpha value is -1.72. The first-order valence-corrected chi connectivity index (χ1v) is 3.58. The molecule has 14 heavy (non-hydrogen) atoms. The number of alkyl halides is 3. The smallest absolute Gasteiger partial charge is 0.260 e. The molecule has 0 unspecified atom stereocenters. The number of hydrogen-bond acceptors (Lipinski definition) is 2. The molecule has 3 nitrogen and oxygen atoms in total. The van der Waals surface area contributed by atoms with Gasteiger partial charge in [-0.3, -0.25) is 4.79 Å². The van der Waals surface area contributed by atoms with Gasteiger partial charge in [-0.1, -0.05) is 18.2 Å². The molecule has 0 aromatic heterocycles. The second kappa shape index (κ2) is 3.99. The minimum Gasteiger partial charge on any atom is -0.260 e. The summed E-state index contributed by atoms with van der Waals surface area (Å²) >= 11 is 0. The zero-order chi connectivity index (χ0) is 10.6. The van der Waals surface area contributed by atoms with E-state index in [0.29, 0.717) is 0 Å². The highest BCUT2D eigenvalue weighted by molar-refractivity contribution is 5.82. The molecule has 0 saturated heterocycles. The van der Waals surface area contributed by atoms with Crippen molar-refractivity contribution in [2.24, 2.45) is 10.2 Å². The lowest BCUT2D eigenvalue weighted by Gasteiger charge is -1.97. The highest BCUT2D eigenvalue weighted by Crippen LogP contribution is 2.18. The van der Waals surface area contributed by atoms with Crippen LogP contribution in [0.2, 0.25) is 0 Å². The van der Waals surface area contributed by atoms with Gasteiger partial charge in [-0.15, -0.1) is 10.2 Å². The highest BCUT2D eigenvalue weighted by atomic mass is 19.4. The lowest BCUT2D eigenvalue weighted by Crippen LogP contribution is -2.19. The maximum Gasteiger partial charge on any atom is 0.475 e. The van der Waals surface area contributed by atoms with E-state index < -0.39 is 12.1 Å². The molecule has 1 aromatic carbocycles. The molecule has 6 heteroatoms. The van der Waals surface area contributed by atoms with Crippen LogP contribution in [-0.2, 0) is 4.79 Å². The predicted molar refractivity (Wildman–Crippen MR) is 42.0 cm³/mol. The van der Waals surface area contributed by atoms with Crippen LogP contribution < -0.4 is 0 Å². The minimum atomic E-state index is -4.96. The van der Waals surface area contributed by atoms with Crippen LogP contribution in [0, 0.1) is 0 Å². The molecule has 0 spiro atoms. The summed E-state index contributed by atoms with van der Waals surface area (Å²) in [6.07, 6.45) is -4.96. The Kier molecular flexibility index (Phi) is 2.95. The first-order chi connectivity index (χ1) is 6.50. The molecule has 0 atom stereocenters. The fourth-order valence-electron chi connectivity index (χ4n) is 0.655. The van der Waals surface area contributed by atoms with Crippen molar-refractivity contribution in [2.45, 2.75) is 6.18 Å². The van der Waals surface area contributed by atoms with E-state index in [0.717, 1.165) is 0 Å². The molecule has 0 bridgehead atoms. The van der Waals surface area contributed by atoms with Crippen molar-refractivity contribution in [3.63, 3.8) is 0 Å². The molecule has 0 aliphatic heterocycles. The number of amides is 1. The third-order valence-electron chi connectivity index (χ3n) is 1.25. The largest absolute Gasteiger partial charge is 0.475 e. The number of azo groups is 1. The number of nitrogens with zero attached hydrogens (tertiary/aromatic N) is 2. The van der Waals surface area contributed by atoms with Gasteiger partial charge in [-0.25, -0.2) is 0 Å². The van der Waals surface area contributed by atoms with Crippen LogP contribution in [0.25, 0.3) is 0 Å². The van der Waals surface area contributed by atoms with Crippen molar-refractivity contribution < 1.29 is 18.0 Å². The van der Waals surface area contributed by atoms with Crippen LogP contribution in [0.15, 0.2) is 40.6 Å². The molecule has 1 rings (SSSR count).